The van der Waals surface area contributed by atoms with Gasteiger partial charge in [0.2, 0.25) is 5.91 Å². The molecule has 2 aromatic carbocycles. The van der Waals surface area contributed by atoms with Gasteiger partial charge in [-0.3, -0.25) is 9.59 Å². The molecule has 1 N–H and O–H groups in total. The van der Waals surface area contributed by atoms with Crippen molar-refractivity contribution in [3.05, 3.63) is 48.0 Å². The molecule has 2 heterocycles. The number of nitrogens with one attached hydrogen (secondary N) is 1. The Kier molecular flexibility index (Phi) is 3.84. The van der Waals surface area contributed by atoms with Gasteiger partial charge in [0.05, 0.1) is 28.4 Å². The Morgan fingerprint density at radius 1 is 1.11 bits per heavy atom. The van der Waals surface area contributed by atoms with Gasteiger partial charge in [0.15, 0.2) is 0 Å². The maximum Gasteiger partial charge on any atom is 0.251 e. The van der Waals surface area contributed by atoms with Crippen LogP contribution in [0.25, 0.3) is 20.8 Å². The fourth-order valence-electron chi connectivity index (χ4n) is 3.48. The molecular weight excluding hydrogens is 358 g/mol. The number of imide groups is 1. The number of carbonyl (C=O) groups excluding carboxylic acids is 2. The molecule has 1 saturated heterocycles. The number of aromatic nitrogens is 1. The van der Waals surface area contributed by atoms with Crippen molar-refractivity contribution in [3.8, 4) is 10.6 Å². The molecule has 2 aliphatic rings. The van der Waals surface area contributed by atoms with Gasteiger partial charge < -0.3 is 5.32 Å². The Morgan fingerprint density at radius 2 is 1.89 bits per heavy atom. The summed E-state index contributed by atoms with van der Waals surface area (Å²) >= 11 is 1.65. The van der Waals surface area contributed by atoms with Crippen molar-refractivity contribution in [3.63, 3.8) is 0 Å². The molecule has 5 nitrogen and oxygen atoms in total. The second-order valence-electron chi connectivity index (χ2n) is 7.30. The first kappa shape index (κ1) is 16.6. The van der Waals surface area contributed by atoms with Crippen LogP contribution in [0.5, 0.6) is 0 Å². The van der Waals surface area contributed by atoms with Crippen LogP contribution >= 0.6 is 11.3 Å². The monoisotopic (exact) mass is 377 g/mol. The number of amides is 2. The third-order valence-electron chi connectivity index (χ3n) is 5.08. The minimum Gasteiger partial charge on any atom is -0.303 e. The summed E-state index contributed by atoms with van der Waals surface area (Å²) in [5, 5.41) is 4.21. The van der Waals surface area contributed by atoms with Gasteiger partial charge in [-0.2, -0.15) is 0 Å². The molecule has 27 heavy (non-hydrogen) atoms. The molecule has 136 valence electrons. The fraction of sp³-hybridized carbons (Fsp3) is 0.286. The highest BCUT2D eigenvalue weighted by Crippen LogP contribution is 2.33. The molecule has 1 atom stereocenters. The quantitative estimate of drug-likeness (QED) is 0.705. The predicted molar refractivity (Wildman–Crippen MR) is 107 cm³/mol. The standard InChI is InChI=1S/C21H19N3O2S/c1-12-2-9-16-18(10-12)27-20(23-16)13-3-7-15(8-4-13)24-19(25)11-17(21(24)26)22-14-5-6-14/h2-4,7-10,14,17,22H,5-6,11H2,1H3. The molecule has 2 amide bonds. The first-order chi connectivity index (χ1) is 13.1. The molecule has 1 saturated carbocycles. The van der Waals surface area contributed by atoms with E-state index >= 15 is 0 Å². The summed E-state index contributed by atoms with van der Waals surface area (Å²) in [6.45, 7) is 2.07. The summed E-state index contributed by atoms with van der Waals surface area (Å²) < 4.78 is 1.16. The lowest BCUT2D eigenvalue weighted by Crippen LogP contribution is -2.39. The topological polar surface area (TPSA) is 62.3 Å². The van der Waals surface area contributed by atoms with Crippen LogP contribution < -0.4 is 10.2 Å². The summed E-state index contributed by atoms with van der Waals surface area (Å²) in [6, 6.07) is 13.8. The number of benzene rings is 2. The highest BCUT2D eigenvalue weighted by atomic mass is 32.1. The van der Waals surface area contributed by atoms with Crippen molar-refractivity contribution in [1.82, 2.24) is 10.3 Å². The van der Waals surface area contributed by atoms with Gasteiger partial charge >= 0.3 is 0 Å². The van der Waals surface area contributed by atoms with Crippen LogP contribution in [0.1, 0.15) is 24.8 Å². The first-order valence-electron chi connectivity index (χ1n) is 9.19. The molecule has 0 spiro atoms. The normalized spacial score (nSPS) is 20.0. The van der Waals surface area contributed by atoms with E-state index in [0.717, 1.165) is 33.6 Å². The smallest absolute Gasteiger partial charge is 0.251 e. The zero-order valence-corrected chi connectivity index (χ0v) is 15.8. The molecule has 1 unspecified atom stereocenters. The van der Waals surface area contributed by atoms with Crippen LogP contribution in [0.15, 0.2) is 42.5 Å². The summed E-state index contributed by atoms with van der Waals surface area (Å²) in [7, 11) is 0. The molecule has 6 heteroatoms. The summed E-state index contributed by atoms with van der Waals surface area (Å²) in [4.78, 5) is 31.0. The molecule has 0 radical (unpaired) electrons. The van der Waals surface area contributed by atoms with Gasteiger partial charge in [0.25, 0.3) is 5.91 Å². The SMILES string of the molecule is Cc1ccc2nc(-c3ccc(N4C(=O)CC(NC5CC5)C4=O)cc3)sc2c1. The van der Waals surface area contributed by atoms with Crippen LogP contribution in [0, 0.1) is 6.92 Å². The number of hydrogen-bond acceptors (Lipinski definition) is 5. The first-order valence-corrected chi connectivity index (χ1v) is 10.0. The number of carbonyl (C=O) groups is 2. The van der Waals surface area contributed by atoms with Crippen LogP contribution in [-0.2, 0) is 9.59 Å². The van der Waals surface area contributed by atoms with E-state index in [4.69, 9.17) is 4.98 Å². The number of anilines is 1. The van der Waals surface area contributed by atoms with Crippen molar-refractivity contribution in [2.24, 2.45) is 0 Å². The van der Waals surface area contributed by atoms with E-state index in [0.29, 0.717) is 11.7 Å². The van der Waals surface area contributed by atoms with E-state index in [-0.39, 0.29) is 24.3 Å². The van der Waals surface area contributed by atoms with Crippen molar-refractivity contribution < 1.29 is 9.59 Å². The fourth-order valence-corrected chi connectivity index (χ4v) is 4.55. The zero-order valence-electron chi connectivity index (χ0n) is 14.9. The number of aryl methyl sites for hydroxylation is 1. The minimum atomic E-state index is -0.378. The van der Waals surface area contributed by atoms with Crippen LogP contribution in [-0.4, -0.2) is 28.9 Å². The maximum atomic E-state index is 12.6. The molecule has 2 fully saturated rings. The average Bonchev–Trinajstić information content (AvgIpc) is 3.30. The second kappa shape index (κ2) is 6.25. The molecule has 1 aliphatic heterocycles. The van der Waals surface area contributed by atoms with Crippen molar-refractivity contribution >= 4 is 39.1 Å². The van der Waals surface area contributed by atoms with Crippen molar-refractivity contribution in [2.75, 3.05) is 4.90 Å². The second-order valence-corrected chi connectivity index (χ2v) is 8.33. The Balaban J connectivity index is 1.40. The Hall–Kier alpha value is -2.57. The highest BCUT2D eigenvalue weighted by Gasteiger charge is 2.41. The van der Waals surface area contributed by atoms with E-state index < -0.39 is 0 Å². The summed E-state index contributed by atoms with van der Waals surface area (Å²) in [5.74, 6) is -0.281. The predicted octanol–water partition coefficient (Wildman–Crippen LogP) is 3.66. The molecule has 0 bridgehead atoms. The van der Waals surface area contributed by atoms with Gasteiger partial charge in [-0.05, 0) is 61.7 Å². The lowest BCUT2D eigenvalue weighted by atomic mass is 10.2. The maximum absolute atomic E-state index is 12.6. The summed E-state index contributed by atoms with van der Waals surface area (Å²) in [5.41, 5.74) is 3.83. The van der Waals surface area contributed by atoms with Gasteiger partial charge in [-0.15, -0.1) is 11.3 Å². The molecule has 1 aromatic heterocycles. The third kappa shape index (κ3) is 3.05. The third-order valence-corrected chi connectivity index (χ3v) is 6.14. The lowest BCUT2D eigenvalue weighted by molar-refractivity contribution is -0.121. The van der Waals surface area contributed by atoms with Crippen LogP contribution in [0.4, 0.5) is 5.69 Å². The highest BCUT2D eigenvalue weighted by molar-refractivity contribution is 7.21. The minimum absolute atomic E-state index is 0.138. The Bertz CT molecular complexity index is 1050. The molecule has 1 aliphatic carbocycles. The van der Waals surface area contributed by atoms with Crippen molar-refractivity contribution in [2.45, 2.75) is 38.3 Å². The van der Waals surface area contributed by atoms with Gasteiger partial charge in [0.1, 0.15) is 5.01 Å². The van der Waals surface area contributed by atoms with E-state index in [1.165, 1.54) is 10.5 Å². The van der Waals surface area contributed by atoms with E-state index in [9.17, 15) is 9.59 Å². The zero-order chi connectivity index (χ0) is 18.5. The van der Waals surface area contributed by atoms with Gasteiger partial charge in [-0.1, -0.05) is 6.07 Å². The number of rotatable bonds is 4. The largest absolute Gasteiger partial charge is 0.303 e. The number of thiazole rings is 1. The van der Waals surface area contributed by atoms with E-state index in [1.54, 1.807) is 11.3 Å². The Morgan fingerprint density at radius 3 is 2.63 bits per heavy atom. The van der Waals surface area contributed by atoms with Gasteiger partial charge in [0, 0.05) is 11.6 Å². The number of hydrogen-bond donors (Lipinski definition) is 1. The van der Waals surface area contributed by atoms with E-state index in [1.807, 2.05) is 30.3 Å². The Labute approximate surface area is 161 Å². The van der Waals surface area contributed by atoms with Crippen molar-refractivity contribution in [1.29, 1.82) is 0 Å². The lowest BCUT2D eigenvalue weighted by Gasteiger charge is -2.15. The summed E-state index contributed by atoms with van der Waals surface area (Å²) in [6.07, 6.45) is 2.43. The molecule has 3 aromatic rings. The molecule has 5 rings (SSSR count). The number of nitrogens with zero attached hydrogens (tertiary/aromatic N) is 2. The van der Waals surface area contributed by atoms with Crippen LogP contribution in [0.3, 0.4) is 0 Å². The number of fused-ring (bicyclic) bond motifs is 1. The van der Waals surface area contributed by atoms with Gasteiger partial charge in [-0.25, -0.2) is 9.88 Å². The van der Waals surface area contributed by atoms with E-state index in [2.05, 4.69) is 24.4 Å². The molecular formula is C21H19N3O2S. The van der Waals surface area contributed by atoms with Crippen LogP contribution in [0.2, 0.25) is 0 Å². The average molecular weight is 377 g/mol.